The Bertz CT molecular complexity index is 252. The fourth-order valence-electron chi connectivity index (χ4n) is 0.552. The Kier molecular flexibility index (Phi) is 2.70. The fourth-order valence-corrected chi connectivity index (χ4v) is 1.17. The summed E-state index contributed by atoms with van der Waals surface area (Å²) in [7, 11) is 0. The number of hydrogen-bond acceptors (Lipinski definition) is 4. The minimum atomic E-state index is 0.249. The molecule has 1 aromatic heterocycles. The third-order valence-electron chi connectivity index (χ3n) is 0.981. The first kappa shape index (κ1) is 8.33. The Hall–Kier alpha value is -0.770. The highest BCUT2D eigenvalue weighted by atomic mass is 32.1. The van der Waals surface area contributed by atoms with E-state index in [0.29, 0.717) is 0 Å². The Labute approximate surface area is 70.2 Å². The van der Waals surface area contributed by atoms with Crippen molar-refractivity contribution in [2.24, 2.45) is 10.2 Å². The number of rotatable bonds is 2. The summed E-state index contributed by atoms with van der Waals surface area (Å²) < 4.78 is 0. The van der Waals surface area contributed by atoms with Gasteiger partial charge in [-0.3, -0.25) is 0 Å². The number of thiazole rings is 1. The van der Waals surface area contributed by atoms with Crippen LogP contribution in [0, 0.1) is 6.92 Å². The van der Waals surface area contributed by atoms with Crippen molar-refractivity contribution in [2.45, 2.75) is 26.8 Å². The van der Waals surface area contributed by atoms with Gasteiger partial charge in [0.2, 0.25) is 5.13 Å². The van der Waals surface area contributed by atoms with E-state index < -0.39 is 0 Å². The lowest BCUT2D eigenvalue weighted by Gasteiger charge is -1.88. The van der Waals surface area contributed by atoms with Crippen molar-refractivity contribution in [3.63, 3.8) is 0 Å². The maximum atomic E-state index is 4.14. The molecule has 60 valence electrons. The molecule has 0 amide bonds. The Morgan fingerprint density at radius 2 is 2.27 bits per heavy atom. The molecular formula is C7H11N3S. The van der Waals surface area contributed by atoms with Crippen LogP contribution in [0.5, 0.6) is 0 Å². The lowest BCUT2D eigenvalue weighted by molar-refractivity contribution is 0.777. The molecule has 0 radical (unpaired) electrons. The summed E-state index contributed by atoms with van der Waals surface area (Å²) in [6.45, 7) is 5.93. The first-order valence-corrected chi connectivity index (χ1v) is 4.39. The van der Waals surface area contributed by atoms with E-state index in [-0.39, 0.29) is 6.04 Å². The molecule has 0 fully saturated rings. The molecule has 0 aliphatic carbocycles. The van der Waals surface area contributed by atoms with E-state index in [1.54, 1.807) is 0 Å². The summed E-state index contributed by atoms with van der Waals surface area (Å²) in [6, 6.07) is 0.249. The van der Waals surface area contributed by atoms with Gasteiger partial charge in [0.05, 0.1) is 11.7 Å². The van der Waals surface area contributed by atoms with E-state index in [4.69, 9.17) is 0 Å². The lowest BCUT2D eigenvalue weighted by atomic mass is 10.4. The van der Waals surface area contributed by atoms with Gasteiger partial charge in [-0.1, -0.05) is 0 Å². The second kappa shape index (κ2) is 3.57. The zero-order valence-electron chi connectivity index (χ0n) is 6.90. The van der Waals surface area contributed by atoms with Crippen LogP contribution in [0.25, 0.3) is 0 Å². The summed E-state index contributed by atoms with van der Waals surface area (Å²) in [5.74, 6) is 0. The van der Waals surface area contributed by atoms with E-state index in [1.165, 1.54) is 11.3 Å². The van der Waals surface area contributed by atoms with Gasteiger partial charge in [0.25, 0.3) is 0 Å². The summed E-state index contributed by atoms with van der Waals surface area (Å²) >= 11 is 1.52. The van der Waals surface area contributed by atoms with Crippen LogP contribution in [0.15, 0.2) is 15.6 Å². The monoisotopic (exact) mass is 169 g/mol. The number of aromatic nitrogens is 1. The third kappa shape index (κ3) is 2.76. The minimum absolute atomic E-state index is 0.249. The quantitative estimate of drug-likeness (QED) is 0.627. The van der Waals surface area contributed by atoms with Gasteiger partial charge >= 0.3 is 0 Å². The standard InChI is InChI=1S/C7H11N3S/c1-5(2)9-10-7-8-6(3)4-11-7/h4-5H,1-3H3. The zero-order chi connectivity index (χ0) is 8.27. The Morgan fingerprint density at radius 3 is 2.73 bits per heavy atom. The van der Waals surface area contributed by atoms with Crippen molar-refractivity contribution in [1.29, 1.82) is 0 Å². The lowest BCUT2D eigenvalue weighted by Crippen LogP contribution is -1.83. The molecule has 0 aromatic carbocycles. The summed E-state index contributed by atoms with van der Waals surface area (Å²) in [4.78, 5) is 4.14. The number of azo groups is 1. The van der Waals surface area contributed by atoms with Crippen molar-refractivity contribution in [3.05, 3.63) is 11.1 Å². The smallest absolute Gasteiger partial charge is 0.222 e. The SMILES string of the molecule is Cc1csc(N=NC(C)C)n1. The molecule has 0 bridgehead atoms. The molecule has 0 saturated heterocycles. The molecule has 0 saturated carbocycles. The second-order valence-electron chi connectivity index (χ2n) is 2.58. The highest BCUT2D eigenvalue weighted by Gasteiger charge is 1.94. The van der Waals surface area contributed by atoms with Crippen molar-refractivity contribution < 1.29 is 0 Å². The predicted octanol–water partition coefficient (Wildman–Crippen LogP) is 2.94. The van der Waals surface area contributed by atoms with Crippen molar-refractivity contribution in [1.82, 2.24) is 4.98 Å². The molecule has 0 atom stereocenters. The molecule has 0 aliphatic heterocycles. The largest absolute Gasteiger partial charge is 0.229 e. The average molecular weight is 169 g/mol. The molecular weight excluding hydrogens is 158 g/mol. The molecule has 3 nitrogen and oxygen atoms in total. The third-order valence-corrected chi connectivity index (χ3v) is 1.82. The van der Waals surface area contributed by atoms with Crippen LogP contribution >= 0.6 is 11.3 Å². The maximum Gasteiger partial charge on any atom is 0.229 e. The topological polar surface area (TPSA) is 37.6 Å². The van der Waals surface area contributed by atoms with Gasteiger partial charge in [0, 0.05) is 5.38 Å². The zero-order valence-corrected chi connectivity index (χ0v) is 7.72. The molecule has 1 heterocycles. The first-order chi connectivity index (χ1) is 5.18. The van der Waals surface area contributed by atoms with Gasteiger partial charge in [-0.05, 0) is 20.8 Å². The van der Waals surface area contributed by atoms with Crippen LogP contribution in [-0.4, -0.2) is 11.0 Å². The van der Waals surface area contributed by atoms with Crippen molar-refractivity contribution in [3.8, 4) is 0 Å². The molecule has 11 heavy (non-hydrogen) atoms. The highest BCUT2D eigenvalue weighted by molar-refractivity contribution is 7.13. The van der Waals surface area contributed by atoms with Crippen LogP contribution < -0.4 is 0 Å². The van der Waals surface area contributed by atoms with E-state index in [0.717, 1.165) is 10.8 Å². The summed E-state index contributed by atoms with van der Waals surface area (Å²) in [6.07, 6.45) is 0. The van der Waals surface area contributed by atoms with Gasteiger partial charge in [0.15, 0.2) is 0 Å². The predicted molar refractivity (Wildman–Crippen MR) is 46.5 cm³/mol. The number of hydrogen-bond donors (Lipinski definition) is 0. The molecule has 0 N–H and O–H groups in total. The van der Waals surface area contributed by atoms with E-state index in [2.05, 4.69) is 15.2 Å². The van der Waals surface area contributed by atoms with E-state index >= 15 is 0 Å². The average Bonchev–Trinajstić information content (AvgIpc) is 2.31. The summed E-state index contributed by atoms with van der Waals surface area (Å²) in [5, 5.41) is 10.7. The first-order valence-electron chi connectivity index (χ1n) is 3.51. The van der Waals surface area contributed by atoms with Crippen LogP contribution in [-0.2, 0) is 0 Å². The van der Waals surface area contributed by atoms with Crippen LogP contribution in [0.3, 0.4) is 0 Å². The van der Waals surface area contributed by atoms with E-state index in [9.17, 15) is 0 Å². The van der Waals surface area contributed by atoms with Gasteiger partial charge in [0.1, 0.15) is 0 Å². The van der Waals surface area contributed by atoms with Gasteiger partial charge in [-0.25, -0.2) is 4.98 Å². The minimum Gasteiger partial charge on any atom is -0.222 e. The van der Waals surface area contributed by atoms with Crippen LogP contribution in [0.4, 0.5) is 5.13 Å². The highest BCUT2D eigenvalue weighted by Crippen LogP contribution is 2.18. The van der Waals surface area contributed by atoms with Crippen molar-refractivity contribution >= 4 is 16.5 Å². The van der Waals surface area contributed by atoms with Crippen LogP contribution in [0.1, 0.15) is 19.5 Å². The number of nitrogens with zero attached hydrogens (tertiary/aromatic N) is 3. The maximum absolute atomic E-state index is 4.14. The molecule has 4 heteroatoms. The van der Waals surface area contributed by atoms with Crippen LogP contribution in [0.2, 0.25) is 0 Å². The normalized spacial score (nSPS) is 11.6. The Balaban J connectivity index is 2.64. The molecule has 0 aliphatic rings. The van der Waals surface area contributed by atoms with Gasteiger partial charge < -0.3 is 0 Å². The molecule has 0 spiro atoms. The Morgan fingerprint density at radius 1 is 1.55 bits per heavy atom. The number of aryl methyl sites for hydroxylation is 1. The molecule has 1 aromatic rings. The van der Waals surface area contributed by atoms with E-state index in [1.807, 2.05) is 26.2 Å². The summed E-state index contributed by atoms with van der Waals surface area (Å²) in [5.41, 5.74) is 1.01. The van der Waals surface area contributed by atoms with Crippen molar-refractivity contribution in [2.75, 3.05) is 0 Å². The molecule has 0 unspecified atom stereocenters. The second-order valence-corrected chi connectivity index (χ2v) is 3.42. The van der Waals surface area contributed by atoms with Gasteiger partial charge in [-0.2, -0.15) is 5.11 Å². The van der Waals surface area contributed by atoms with Gasteiger partial charge in [-0.15, -0.1) is 16.5 Å². The molecule has 1 rings (SSSR count). The fraction of sp³-hybridized carbons (Fsp3) is 0.571.